The number of aliphatic carboxylic acids is 1. The molecule has 0 spiro atoms. The van der Waals surface area contributed by atoms with E-state index < -0.39 is 24.1 Å². The van der Waals surface area contributed by atoms with Gasteiger partial charge >= 0.3 is 12.1 Å². The number of methoxy groups -OCH3 is 1. The average Bonchev–Trinajstić information content (AvgIpc) is 3.24. The monoisotopic (exact) mass is 524 g/mol. The molecular formula is C27H32F4N2O4. The molecule has 2 heterocycles. The molecule has 10 heteroatoms. The van der Waals surface area contributed by atoms with Gasteiger partial charge in [0.05, 0.1) is 25.1 Å². The van der Waals surface area contributed by atoms with Gasteiger partial charge in [0.25, 0.3) is 0 Å². The summed E-state index contributed by atoms with van der Waals surface area (Å²) in [5, 5.41) is 9.18. The van der Waals surface area contributed by atoms with Crippen molar-refractivity contribution in [3.05, 3.63) is 48.3 Å². The second kappa shape index (κ2) is 10.3. The number of hydrogen-bond acceptors (Lipinski definition) is 5. The third-order valence-corrected chi connectivity index (χ3v) is 7.36. The molecule has 2 fully saturated rings. The Bertz CT molecular complexity index is 1110. The van der Waals surface area contributed by atoms with Crippen molar-refractivity contribution in [2.24, 2.45) is 11.3 Å². The Morgan fingerprint density at radius 1 is 1.14 bits per heavy atom. The van der Waals surface area contributed by atoms with Crippen LogP contribution in [0, 0.1) is 17.2 Å². The van der Waals surface area contributed by atoms with Gasteiger partial charge in [-0.05, 0) is 42.8 Å². The van der Waals surface area contributed by atoms with E-state index in [2.05, 4.69) is 0 Å². The van der Waals surface area contributed by atoms with Crippen LogP contribution in [-0.2, 0) is 4.79 Å². The number of nitrogens with zero attached hydrogens (tertiary/aromatic N) is 2. The number of halogens is 4. The molecule has 0 amide bonds. The lowest BCUT2D eigenvalue weighted by molar-refractivity contribution is -0.169. The Kier molecular flexibility index (Phi) is 7.48. The van der Waals surface area contributed by atoms with Crippen molar-refractivity contribution >= 4 is 17.3 Å². The molecule has 2 aliphatic heterocycles. The first kappa shape index (κ1) is 26.9. The van der Waals surface area contributed by atoms with Gasteiger partial charge in [-0.15, -0.1) is 0 Å². The minimum absolute atomic E-state index is 0.163. The van der Waals surface area contributed by atoms with Crippen molar-refractivity contribution in [2.75, 3.05) is 36.5 Å². The van der Waals surface area contributed by atoms with Gasteiger partial charge in [-0.3, -0.25) is 4.79 Å². The van der Waals surface area contributed by atoms with Crippen molar-refractivity contribution in [1.29, 1.82) is 0 Å². The molecule has 0 aromatic heterocycles. The number of anilines is 2. The minimum atomic E-state index is -4.37. The molecule has 2 aromatic rings. The van der Waals surface area contributed by atoms with Crippen LogP contribution in [-0.4, -0.2) is 56.1 Å². The summed E-state index contributed by atoms with van der Waals surface area (Å²) < 4.78 is 66.0. The van der Waals surface area contributed by atoms with Crippen LogP contribution in [0.4, 0.5) is 28.9 Å². The summed E-state index contributed by atoms with van der Waals surface area (Å²) in [6.07, 6.45) is -4.49. The first-order chi connectivity index (χ1) is 17.4. The molecule has 2 saturated heterocycles. The quantitative estimate of drug-likeness (QED) is 0.466. The molecule has 3 atom stereocenters. The predicted octanol–water partition coefficient (Wildman–Crippen LogP) is 5.75. The average molecular weight is 525 g/mol. The van der Waals surface area contributed by atoms with Crippen molar-refractivity contribution in [3.63, 3.8) is 0 Å². The standard InChI is InChI=1S/C27H32F4N2O4/c1-26(2)16-32(23-14-21(36-3)8-9-22(23)28)11-10-24(26)37-20-6-4-18(5-7-20)33-15-17(27(29,30)31)12-19(33)13-25(34)35/h4-9,14,17,19,24H,10-13,15-16H2,1-3H3,(H,34,35)/t17-,19-,24?/m1/s1. The Morgan fingerprint density at radius 3 is 2.41 bits per heavy atom. The number of hydrogen-bond donors (Lipinski definition) is 1. The fourth-order valence-corrected chi connectivity index (χ4v) is 5.37. The highest BCUT2D eigenvalue weighted by Crippen LogP contribution is 2.41. The van der Waals surface area contributed by atoms with Crippen LogP contribution in [0.2, 0.25) is 0 Å². The number of piperidine rings is 1. The number of ether oxygens (including phenoxy) is 2. The molecule has 0 saturated carbocycles. The Labute approximate surface area is 213 Å². The maximum Gasteiger partial charge on any atom is 0.393 e. The lowest BCUT2D eigenvalue weighted by atomic mass is 9.80. The van der Waals surface area contributed by atoms with E-state index in [1.807, 2.05) is 18.7 Å². The minimum Gasteiger partial charge on any atom is -0.497 e. The van der Waals surface area contributed by atoms with Crippen LogP contribution in [0.15, 0.2) is 42.5 Å². The first-order valence-corrected chi connectivity index (χ1v) is 12.3. The largest absolute Gasteiger partial charge is 0.497 e. The lowest BCUT2D eigenvalue weighted by Crippen LogP contribution is -2.51. The van der Waals surface area contributed by atoms with E-state index in [0.29, 0.717) is 42.4 Å². The molecule has 4 rings (SSSR count). The highest BCUT2D eigenvalue weighted by atomic mass is 19.4. The summed E-state index contributed by atoms with van der Waals surface area (Å²) >= 11 is 0. The summed E-state index contributed by atoms with van der Waals surface area (Å²) in [6, 6.07) is 10.7. The third kappa shape index (κ3) is 6.05. The van der Waals surface area contributed by atoms with E-state index in [0.717, 1.165) is 0 Å². The predicted molar refractivity (Wildman–Crippen MR) is 132 cm³/mol. The number of carbonyl (C=O) groups is 1. The number of alkyl halides is 3. The van der Waals surface area contributed by atoms with Gasteiger partial charge < -0.3 is 24.4 Å². The van der Waals surface area contributed by atoms with E-state index in [4.69, 9.17) is 9.47 Å². The molecular weight excluding hydrogens is 492 g/mol. The zero-order valence-corrected chi connectivity index (χ0v) is 21.1. The summed E-state index contributed by atoms with van der Waals surface area (Å²) in [7, 11) is 1.54. The van der Waals surface area contributed by atoms with E-state index in [9.17, 15) is 27.5 Å². The second-order valence-corrected chi connectivity index (χ2v) is 10.5. The van der Waals surface area contributed by atoms with Gasteiger partial charge in [0.2, 0.25) is 0 Å². The SMILES string of the molecule is COc1ccc(F)c(N2CCC(Oc3ccc(N4C[C@H](C(F)(F)F)C[C@@H]4CC(=O)O)cc3)C(C)(C)C2)c1. The molecule has 6 nitrogen and oxygen atoms in total. The van der Waals surface area contributed by atoms with Gasteiger partial charge in [-0.1, -0.05) is 13.8 Å². The van der Waals surface area contributed by atoms with E-state index in [1.165, 1.54) is 18.1 Å². The molecule has 2 aliphatic rings. The first-order valence-electron chi connectivity index (χ1n) is 12.3. The Morgan fingerprint density at radius 2 is 1.81 bits per heavy atom. The van der Waals surface area contributed by atoms with Gasteiger partial charge in [-0.25, -0.2) is 4.39 Å². The van der Waals surface area contributed by atoms with E-state index in [-0.39, 0.29) is 36.7 Å². The van der Waals surface area contributed by atoms with Crippen LogP contribution in [0.25, 0.3) is 0 Å². The number of carboxylic acid groups (broad SMARTS) is 1. The zero-order valence-electron chi connectivity index (χ0n) is 21.1. The third-order valence-electron chi connectivity index (χ3n) is 7.36. The maximum absolute atomic E-state index is 14.5. The molecule has 1 unspecified atom stereocenters. The summed E-state index contributed by atoms with van der Waals surface area (Å²) in [5.74, 6) is -1.85. The molecule has 1 N–H and O–H groups in total. The van der Waals surface area contributed by atoms with Crippen LogP contribution in [0.1, 0.15) is 33.1 Å². The molecule has 0 bridgehead atoms. The molecule has 0 aliphatic carbocycles. The zero-order chi connectivity index (χ0) is 27.0. The fourth-order valence-electron chi connectivity index (χ4n) is 5.37. The van der Waals surface area contributed by atoms with Crippen molar-refractivity contribution in [1.82, 2.24) is 0 Å². The normalized spacial score (nSPS) is 23.7. The number of rotatable bonds is 7. The van der Waals surface area contributed by atoms with Crippen LogP contribution < -0.4 is 19.3 Å². The molecule has 0 radical (unpaired) electrons. The molecule has 202 valence electrons. The van der Waals surface area contributed by atoms with Gasteiger partial charge in [0.1, 0.15) is 23.4 Å². The van der Waals surface area contributed by atoms with Crippen LogP contribution in [0.5, 0.6) is 11.5 Å². The van der Waals surface area contributed by atoms with Gasteiger partial charge in [-0.2, -0.15) is 13.2 Å². The van der Waals surface area contributed by atoms with Crippen molar-refractivity contribution in [3.8, 4) is 11.5 Å². The highest BCUT2D eigenvalue weighted by molar-refractivity contribution is 5.69. The smallest absolute Gasteiger partial charge is 0.393 e. The summed E-state index contributed by atoms with van der Waals surface area (Å²) in [5.41, 5.74) is 0.690. The van der Waals surface area contributed by atoms with E-state index >= 15 is 0 Å². The molecule has 37 heavy (non-hydrogen) atoms. The van der Waals surface area contributed by atoms with Crippen LogP contribution in [0.3, 0.4) is 0 Å². The van der Waals surface area contributed by atoms with E-state index in [1.54, 1.807) is 36.4 Å². The summed E-state index contributed by atoms with van der Waals surface area (Å²) in [6.45, 7) is 4.97. The summed E-state index contributed by atoms with van der Waals surface area (Å²) in [4.78, 5) is 14.7. The van der Waals surface area contributed by atoms with Crippen molar-refractivity contribution in [2.45, 2.75) is 51.4 Å². The topological polar surface area (TPSA) is 62.2 Å². The van der Waals surface area contributed by atoms with Crippen LogP contribution >= 0.6 is 0 Å². The Balaban J connectivity index is 1.44. The molecule has 2 aromatic carbocycles. The van der Waals surface area contributed by atoms with Crippen molar-refractivity contribution < 1.29 is 36.9 Å². The van der Waals surface area contributed by atoms with Gasteiger partial charge in [0.15, 0.2) is 0 Å². The number of carboxylic acids is 1. The highest BCUT2D eigenvalue weighted by Gasteiger charge is 2.48. The fraction of sp³-hybridized carbons (Fsp3) is 0.519. The lowest BCUT2D eigenvalue weighted by Gasteiger charge is -2.45. The van der Waals surface area contributed by atoms with Gasteiger partial charge in [0, 0.05) is 49.3 Å². The second-order valence-electron chi connectivity index (χ2n) is 10.5. The number of benzene rings is 2. The Hall–Kier alpha value is -3.17. The maximum atomic E-state index is 14.5.